The molecule has 0 saturated heterocycles. The largest absolute Gasteiger partial charge is 0.294 e. The molecular formula is C62H44N4. The van der Waals surface area contributed by atoms with Gasteiger partial charge < -0.3 is 0 Å². The minimum Gasteiger partial charge on any atom is -0.294 e. The number of hydrogen-bond donors (Lipinski definition) is 0. The third-order valence-electron chi connectivity index (χ3n) is 15.1. The van der Waals surface area contributed by atoms with Crippen LogP contribution in [0.5, 0.6) is 0 Å². The molecule has 1 aliphatic heterocycles. The van der Waals surface area contributed by atoms with Crippen LogP contribution in [0.15, 0.2) is 194 Å². The second-order valence-corrected chi connectivity index (χ2v) is 19.4. The molecule has 4 nitrogen and oxygen atoms in total. The molecule has 0 spiro atoms. The van der Waals surface area contributed by atoms with Gasteiger partial charge in [-0.3, -0.25) is 9.47 Å². The molecule has 3 aliphatic rings. The lowest BCUT2D eigenvalue weighted by Gasteiger charge is -2.33. The van der Waals surface area contributed by atoms with Crippen LogP contribution in [0.2, 0.25) is 0 Å². The van der Waals surface area contributed by atoms with E-state index in [9.17, 15) is 0 Å². The number of fused-ring (bicyclic) bond motifs is 11. The first-order valence-electron chi connectivity index (χ1n) is 23.1. The molecule has 0 saturated carbocycles. The molecule has 0 amide bonds. The fraction of sp³-hybridized carbons (Fsp3) is 0.0968. The van der Waals surface area contributed by atoms with Gasteiger partial charge in [-0.1, -0.05) is 161 Å². The summed E-state index contributed by atoms with van der Waals surface area (Å²) in [6, 6.07) is 71.3. The number of rotatable bonds is 4. The van der Waals surface area contributed by atoms with Gasteiger partial charge in [-0.2, -0.15) is 0 Å². The molecule has 312 valence electrons. The minimum absolute atomic E-state index is 0.0511. The number of hydrogen-bond acceptors (Lipinski definition) is 3. The Hall–Kier alpha value is -8.08. The number of aromatic nitrogens is 3. The summed E-state index contributed by atoms with van der Waals surface area (Å²) in [5, 5.41) is 4.82. The Morgan fingerprint density at radius 1 is 0.364 bits per heavy atom. The highest BCUT2D eigenvalue weighted by Crippen LogP contribution is 2.54. The predicted octanol–water partition coefficient (Wildman–Crippen LogP) is 16.1. The number of pyridine rings is 2. The van der Waals surface area contributed by atoms with E-state index in [1.807, 2.05) is 0 Å². The molecule has 4 heteroatoms. The van der Waals surface area contributed by atoms with Crippen molar-refractivity contribution in [3.05, 3.63) is 216 Å². The van der Waals surface area contributed by atoms with E-state index in [-0.39, 0.29) is 10.8 Å². The Bertz CT molecular complexity index is 3900. The molecule has 14 rings (SSSR count). The molecule has 0 bridgehead atoms. The topological polar surface area (TPSA) is 34.0 Å². The summed E-state index contributed by atoms with van der Waals surface area (Å²) in [5.74, 6) is 1.76. The van der Waals surface area contributed by atoms with E-state index in [4.69, 9.17) is 9.97 Å². The van der Waals surface area contributed by atoms with E-state index in [1.54, 1.807) is 0 Å². The first kappa shape index (κ1) is 37.3. The summed E-state index contributed by atoms with van der Waals surface area (Å²) in [6.07, 6.45) is 0. The smallest absolute Gasteiger partial charge is 0.138 e. The molecule has 66 heavy (non-hydrogen) atoms. The molecule has 0 unspecified atom stereocenters. The standard InChI is InChI=1S/C62H44N4/c1-61(2)48-21-8-5-17-40(48)44-33-38(29-31-50(44)61)52-23-13-27-58(63-52)65-54-25-10-7-19-42(54)46-35-47-43-20-11-15-37-16-12-26-55(60(37)43)66(57(47)36-56(46)65)59-28-14-24-53(64-59)39-30-32-51-45(34-39)41-18-6-9-22-49(41)62(51,3)4/h5-36H,1-4H3. The van der Waals surface area contributed by atoms with Crippen molar-refractivity contribution in [3.63, 3.8) is 0 Å². The number of nitrogens with zero attached hydrogens (tertiary/aromatic N) is 4. The van der Waals surface area contributed by atoms with Gasteiger partial charge in [0.05, 0.1) is 33.8 Å². The van der Waals surface area contributed by atoms with Crippen LogP contribution in [0.1, 0.15) is 49.9 Å². The van der Waals surface area contributed by atoms with E-state index in [2.05, 4.69) is 231 Å². The van der Waals surface area contributed by atoms with Crippen molar-refractivity contribution in [3.8, 4) is 61.7 Å². The SMILES string of the molecule is CC1(C)c2ccccc2-c2cc(-c3cccc(N4c5cc6c(cc5-c5cccc7cccc4c57)c4ccccc4n6-c4cccc(-c5ccc6c(c5)-c5ccccc5C6(C)C)n4)n3)ccc21. The van der Waals surface area contributed by atoms with Crippen LogP contribution in [0, 0.1) is 0 Å². The predicted molar refractivity (Wildman–Crippen MR) is 274 cm³/mol. The maximum absolute atomic E-state index is 5.55. The Labute approximate surface area is 384 Å². The van der Waals surface area contributed by atoms with Crippen LogP contribution in [0.4, 0.5) is 17.2 Å². The molecule has 0 fully saturated rings. The first-order valence-corrected chi connectivity index (χ1v) is 23.1. The van der Waals surface area contributed by atoms with Gasteiger partial charge in [-0.05, 0) is 116 Å². The molecule has 11 aromatic rings. The lowest BCUT2D eigenvalue weighted by atomic mass is 9.82. The Morgan fingerprint density at radius 3 is 1.59 bits per heavy atom. The second kappa shape index (κ2) is 13.2. The van der Waals surface area contributed by atoms with E-state index in [0.29, 0.717) is 0 Å². The summed E-state index contributed by atoms with van der Waals surface area (Å²) in [6.45, 7) is 9.33. The highest BCUT2D eigenvalue weighted by atomic mass is 15.2. The second-order valence-electron chi connectivity index (χ2n) is 19.4. The van der Waals surface area contributed by atoms with Crippen LogP contribution in [-0.4, -0.2) is 14.5 Å². The van der Waals surface area contributed by atoms with Crippen molar-refractivity contribution in [2.45, 2.75) is 38.5 Å². The molecule has 0 N–H and O–H groups in total. The summed E-state index contributed by atoms with van der Waals surface area (Å²) < 4.78 is 2.35. The van der Waals surface area contributed by atoms with E-state index < -0.39 is 0 Å². The maximum Gasteiger partial charge on any atom is 0.138 e. The van der Waals surface area contributed by atoms with Crippen molar-refractivity contribution in [1.82, 2.24) is 14.5 Å². The average Bonchev–Trinajstić information content (AvgIpc) is 3.89. The van der Waals surface area contributed by atoms with Gasteiger partial charge in [0, 0.05) is 43.7 Å². The summed E-state index contributed by atoms with van der Waals surface area (Å²) in [4.78, 5) is 13.4. The Balaban J connectivity index is 0.957. The van der Waals surface area contributed by atoms with Crippen molar-refractivity contribution >= 4 is 49.8 Å². The lowest BCUT2D eigenvalue weighted by molar-refractivity contribution is 0.660. The number of benzene rings is 8. The lowest BCUT2D eigenvalue weighted by Crippen LogP contribution is -2.16. The third kappa shape index (κ3) is 5.04. The van der Waals surface area contributed by atoms with Gasteiger partial charge in [0.2, 0.25) is 0 Å². The molecular weight excluding hydrogens is 801 g/mol. The zero-order valence-electron chi connectivity index (χ0n) is 37.3. The minimum atomic E-state index is -0.0557. The van der Waals surface area contributed by atoms with Crippen molar-refractivity contribution in [2.75, 3.05) is 4.90 Å². The van der Waals surface area contributed by atoms with Gasteiger partial charge in [0.15, 0.2) is 0 Å². The third-order valence-corrected chi connectivity index (χ3v) is 15.1. The number of anilines is 3. The van der Waals surface area contributed by atoms with Gasteiger partial charge in [-0.25, -0.2) is 9.97 Å². The monoisotopic (exact) mass is 844 g/mol. The molecule has 4 heterocycles. The van der Waals surface area contributed by atoms with Gasteiger partial charge in [0.1, 0.15) is 11.6 Å². The summed E-state index contributed by atoms with van der Waals surface area (Å²) in [5.41, 5.74) is 21.5. The quantitative estimate of drug-likeness (QED) is 0.177. The maximum atomic E-state index is 5.55. The highest BCUT2D eigenvalue weighted by Gasteiger charge is 2.37. The van der Waals surface area contributed by atoms with Gasteiger partial charge >= 0.3 is 0 Å². The van der Waals surface area contributed by atoms with Crippen molar-refractivity contribution in [2.24, 2.45) is 0 Å². The van der Waals surface area contributed by atoms with Crippen LogP contribution in [0.25, 0.3) is 94.3 Å². The molecule has 8 aromatic carbocycles. The van der Waals surface area contributed by atoms with E-state index >= 15 is 0 Å². The van der Waals surface area contributed by atoms with Crippen molar-refractivity contribution < 1.29 is 0 Å². The van der Waals surface area contributed by atoms with Crippen LogP contribution < -0.4 is 4.90 Å². The first-order chi connectivity index (χ1) is 32.2. The zero-order chi connectivity index (χ0) is 44.1. The average molecular weight is 845 g/mol. The van der Waals surface area contributed by atoms with Gasteiger partial charge in [-0.15, -0.1) is 0 Å². The fourth-order valence-electron chi connectivity index (χ4n) is 11.9. The molecule has 2 aliphatic carbocycles. The van der Waals surface area contributed by atoms with Crippen LogP contribution in [-0.2, 0) is 10.8 Å². The molecule has 3 aromatic heterocycles. The molecule has 0 atom stereocenters. The normalized spacial score (nSPS) is 14.6. The number of para-hydroxylation sites is 1. The molecule has 0 radical (unpaired) electrons. The Morgan fingerprint density at radius 2 is 0.909 bits per heavy atom. The fourth-order valence-corrected chi connectivity index (χ4v) is 11.9. The van der Waals surface area contributed by atoms with Gasteiger partial charge in [0.25, 0.3) is 0 Å². The van der Waals surface area contributed by atoms with Crippen LogP contribution >= 0.6 is 0 Å². The van der Waals surface area contributed by atoms with Crippen molar-refractivity contribution in [1.29, 1.82) is 0 Å². The van der Waals surface area contributed by atoms with E-state index in [0.717, 1.165) is 56.6 Å². The zero-order valence-corrected chi connectivity index (χ0v) is 37.3. The summed E-state index contributed by atoms with van der Waals surface area (Å²) >= 11 is 0. The summed E-state index contributed by atoms with van der Waals surface area (Å²) in [7, 11) is 0. The highest BCUT2D eigenvalue weighted by molar-refractivity contribution is 6.18. The van der Waals surface area contributed by atoms with E-state index in [1.165, 1.54) is 77.2 Å². The van der Waals surface area contributed by atoms with Crippen LogP contribution in [0.3, 0.4) is 0 Å². The Kier molecular flexibility index (Phi) is 7.49.